The minimum Gasteiger partial charge on any atom is -0.385 e. The summed E-state index contributed by atoms with van der Waals surface area (Å²) in [7, 11) is 0. The number of rotatable bonds is 5. The molecule has 1 aromatic rings. The van der Waals surface area contributed by atoms with Crippen LogP contribution in [0.1, 0.15) is 45.1 Å². The molecular formula is C17H26FNO. The molecule has 0 aromatic heterocycles. The Morgan fingerprint density at radius 3 is 2.35 bits per heavy atom. The van der Waals surface area contributed by atoms with Gasteiger partial charge in [-0.05, 0) is 50.0 Å². The number of piperidine rings is 1. The van der Waals surface area contributed by atoms with Crippen LogP contribution < -0.4 is 0 Å². The predicted molar refractivity (Wildman–Crippen MR) is 80.0 cm³/mol. The highest BCUT2D eigenvalue weighted by Crippen LogP contribution is 2.34. The van der Waals surface area contributed by atoms with Crippen molar-refractivity contribution in [2.24, 2.45) is 5.92 Å². The minimum absolute atomic E-state index is 0.135. The van der Waals surface area contributed by atoms with Gasteiger partial charge in [-0.2, -0.15) is 0 Å². The molecule has 0 radical (unpaired) electrons. The van der Waals surface area contributed by atoms with Gasteiger partial charge in [-0.1, -0.05) is 32.4 Å². The van der Waals surface area contributed by atoms with E-state index in [0.29, 0.717) is 6.42 Å². The number of likely N-dealkylation sites (tertiary alicyclic amines) is 1. The van der Waals surface area contributed by atoms with Gasteiger partial charge in [0.25, 0.3) is 0 Å². The van der Waals surface area contributed by atoms with Crippen molar-refractivity contribution in [3.05, 3.63) is 35.6 Å². The van der Waals surface area contributed by atoms with Crippen LogP contribution in [0.25, 0.3) is 0 Å². The summed E-state index contributed by atoms with van der Waals surface area (Å²) in [5.41, 5.74) is -0.0450. The zero-order valence-corrected chi connectivity index (χ0v) is 12.6. The van der Waals surface area contributed by atoms with E-state index < -0.39 is 5.60 Å². The van der Waals surface area contributed by atoms with Crippen molar-refractivity contribution >= 4 is 0 Å². The average molecular weight is 279 g/mol. The lowest BCUT2D eigenvalue weighted by atomic mass is 9.79. The van der Waals surface area contributed by atoms with E-state index in [1.54, 1.807) is 12.1 Å². The number of nitrogens with zero attached hydrogens (tertiary/aromatic N) is 1. The summed E-state index contributed by atoms with van der Waals surface area (Å²) < 4.78 is 13.1. The van der Waals surface area contributed by atoms with Crippen LogP contribution >= 0.6 is 0 Å². The third-order valence-electron chi connectivity index (χ3n) is 4.68. The molecule has 20 heavy (non-hydrogen) atoms. The largest absolute Gasteiger partial charge is 0.385 e. The van der Waals surface area contributed by atoms with Gasteiger partial charge in [-0.15, -0.1) is 0 Å². The van der Waals surface area contributed by atoms with Gasteiger partial charge in [0.05, 0.1) is 5.60 Å². The maximum atomic E-state index is 13.1. The second-order valence-corrected chi connectivity index (χ2v) is 6.05. The van der Waals surface area contributed by atoms with E-state index in [-0.39, 0.29) is 11.7 Å². The molecule has 1 N–H and O–H groups in total. The zero-order valence-electron chi connectivity index (χ0n) is 12.6. The summed E-state index contributed by atoms with van der Waals surface area (Å²) in [6, 6.07) is 6.30. The van der Waals surface area contributed by atoms with E-state index in [1.165, 1.54) is 31.4 Å². The molecule has 0 bridgehead atoms. The van der Waals surface area contributed by atoms with Gasteiger partial charge in [0.1, 0.15) is 5.82 Å². The van der Waals surface area contributed by atoms with Gasteiger partial charge < -0.3 is 10.0 Å². The quantitative estimate of drug-likeness (QED) is 0.891. The van der Waals surface area contributed by atoms with E-state index in [4.69, 9.17) is 0 Å². The highest BCUT2D eigenvalue weighted by Gasteiger charge is 2.35. The maximum absolute atomic E-state index is 13.1. The number of aliphatic hydroxyl groups is 1. The lowest BCUT2D eigenvalue weighted by Crippen LogP contribution is -2.42. The van der Waals surface area contributed by atoms with Gasteiger partial charge in [0.15, 0.2) is 0 Å². The lowest BCUT2D eigenvalue weighted by molar-refractivity contribution is -0.0351. The third kappa shape index (κ3) is 3.39. The molecule has 0 aliphatic carbocycles. The van der Waals surface area contributed by atoms with Crippen molar-refractivity contribution in [1.29, 1.82) is 0 Å². The summed E-state index contributed by atoms with van der Waals surface area (Å²) in [6.45, 7) is 7.26. The van der Waals surface area contributed by atoms with Crippen molar-refractivity contribution in [3.63, 3.8) is 0 Å². The summed E-state index contributed by atoms with van der Waals surface area (Å²) >= 11 is 0. The molecule has 1 aromatic carbocycles. The SMILES string of the molecule is CCC(O)(c1ccc(F)cc1)C(C)CN1CCCCC1. The summed E-state index contributed by atoms with van der Waals surface area (Å²) in [5.74, 6) is -0.119. The van der Waals surface area contributed by atoms with Crippen molar-refractivity contribution in [1.82, 2.24) is 4.90 Å². The Balaban J connectivity index is 2.09. The van der Waals surface area contributed by atoms with Crippen LogP contribution in [0.5, 0.6) is 0 Å². The Hall–Kier alpha value is -0.930. The minimum atomic E-state index is -0.870. The zero-order chi connectivity index (χ0) is 14.6. The van der Waals surface area contributed by atoms with Gasteiger partial charge in [-0.3, -0.25) is 0 Å². The van der Waals surface area contributed by atoms with Gasteiger partial charge in [-0.25, -0.2) is 4.39 Å². The number of benzene rings is 1. The predicted octanol–water partition coefficient (Wildman–Crippen LogP) is 3.55. The molecule has 3 heteroatoms. The van der Waals surface area contributed by atoms with Gasteiger partial charge in [0.2, 0.25) is 0 Å². The smallest absolute Gasteiger partial charge is 0.123 e. The van der Waals surface area contributed by atoms with Crippen LogP contribution in [-0.4, -0.2) is 29.6 Å². The van der Waals surface area contributed by atoms with E-state index >= 15 is 0 Å². The number of hydrogen-bond donors (Lipinski definition) is 1. The summed E-state index contributed by atoms with van der Waals surface area (Å²) in [5, 5.41) is 11.0. The van der Waals surface area contributed by atoms with Crippen LogP contribution in [0.15, 0.2) is 24.3 Å². The van der Waals surface area contributed by atoms with Crippen molar-refractivity contribution in [2.75, 3.05) is 19.6 Å². The molecule has 0 amide bonds. The van der Waals surface area contributed by atoms with Crippen LogP contribution in [0, 0.1) is 11.7 Å². The van der Waals surface area contributed by atoms with E-state index in [1.807, 2.05) is 6.92 Å². The van der Waals surface area contributed by atoms with E-state index in [9.17, 15) is 9.50 Å². The molecule has 1 aliphatic heterocycles. The van der Waals surface area contributed by atoms with E-state index in [0.717, 1.165) is 25.2 Å². The molecule has 2 atom stereocenters. The Kier molecular flexibility index (Phi) is 5.17. The fourth-order valence-corrected chi connectivity index (χ4v) is 3.26. The maximum Gasteiger partial charge on any atom is 0.123 e. The second-order valence-electron chi connectivity index (χ2n) is 6.05. The molecule has 1 saturated heterocycles. The lowest BCUT2D eigenvalue weighted by Gasteiger charge is -2.38. The monoisotopic (exact) mass is 279 g/mol. The Morgan fingerprint density at radius 2 is 1.80 bits per heavy atom. The first-order chi connectivity index (χ1) is 9.56. The van der Waals surface area contributed by atoms with Gasteiger partial charge in [0, 0.05) is 12.5 Å². The van der Waals surface area contributed by atoms with Crippen LogP contribution in [-0.2, 0) is 5.60 Å². The van der Waals surface area contributed by atoms with Gasteiger partial charge >= 0.3 is 0 Å². The first-order valence-electron chi connectivity index (χ1n) is 7.77. The Labute approximate surface area is 121 Å². The molecule has 2 nitrogen and oxygen atoms in total. The normalized spacial score (nSPS) is 21.4. The summed E-state index contributed by atoms with van der Waals surface area (Å²) in [6.07, 6.45) is 4.48. The number of hydrogen-bond acceptors (Lipinski definition) is 2. The highest BCUT2D eigenvalue weighted by atomic mass is 19.1. The molecule has 0 saturated carbocycles. The van der Waals surface area contributed by atoms with Crippen molar-refractivity contribution < 1.29 is 9.50 Å². The molecule has 112 valence electrons. The summed E-state index contributed by atoms with van der Waals surface area (Å²) in [4.78, 5) is 2.44. The molecule has 1 aliphatic rings. The van der Waals surface area contributed by atoms with Crippen molar-refractivity contribution in [3.8, 4) is 0 Å². The first kappa shape index (κ1) is 15.5. The average Bonchev–Trinajstić information content (AvgIpc) is 2.48. The van der Waals surface area contributed by atoms with Crippen molar-refractivity contribution in [2.45, 2.75) is 45.1 Å². The fraction of sp³-hybridized carbons (Fsp3) is 0.647. The Morgan fingerprint density at radius 1 is 1.20 bits per heavy atom. The molecular weight excluding hydrogens is 253 g/mol. The topological polar surface area (TPSA) is 23.5 Å². The molecule has 1 heterocycles. The van der Waals surface area contributed by atoms with Crippen LogP contribution in [0.3, 0.4) is 0 Å². The Bertz CT molecular complexity index is 414. The standard InChI is InChI=1S/C17H26FNO/c1-3-17(20,15-7-9-16(18)10-8-15)14(2)13-19-11-5-4-6-12-19/h7-10,14,20H,3-6,11-13H2,1-2H3. The van der Waals surface area contributed by atoms with Crippen LogP contribution in [0.4, 0.5) is 4.39 Å². The second kappa shape index (κ2) is 6.68. The fourth-order valence-electron chi connectivity index (χ4n) is 3.26. The van der Waals surface area contributed by atoms with E-state index in [2.05, 4.69) is 11.8 Å². The number of halogens is 1. The first-order valence-corrected chi connectivity index (χ1v) is 7.77. The molecule has 2 unspecified atom stereocenters. The molecule has 2 rings (SSSR count). The third-order valence-corrected chi connectivity index (χ3v) is 4.68. The highest BCUT2D eigenvalue weighted by molar-refractivity contribution is 5.24. The van der Waals surface area contributed by atoms with Crippen LogP contribution in [0.2, 0.25) is 0 Å². The molecule has 1 fully saturated rings. The molecule has 0 spiro atoms.